The molecule has 3 N–H and O–H groups in total. The molecular weight excluding hydrogens is 224 g/mol. The molecule has 0 saturated carbocycles. The molecule has 5 nitrogen and oxygen atoms in total. The Balaban J connectivity index is 2.85. The van der Waals surface area contributed by atoms with Crippen LogP contribution >= 0.6 is 0 Å². The number of ether oxygens (including phenoxy) is 2. The second-order valence-electron chi connectivity index (χ2n) is 4.65. The van der Waals surface area contributed by atoms with Crippen molar-refractivity contribution in [3.05, 3.63) is 12.7 Å². The zero-order valence-corrected chi connectivity index (χ0v) is 10.4. The van der Waals surface area contributed by atoms with Crippen LogP contribution in [0, 0.1) is 11.8 Å². The second kappa shape index (κ2) is 5.93. The Morgan fingerprint density at radius 3 is 2.35 bits per heavy atom. The van der Waals surface area contributed by atoms with E-state index in [2.05, 4.69) is 6.58 Å². The third-order valence-corrected chi connectivity index (χ3v) is 3.56. The molecule has 100 valence electrons. The molecule has 0 aromatic rings. The maximum atomic E-state index is 10.1. The van der Waals surface area contributed by atoms with Crippen LogP contribution < -0.4 is 0 Å². The average Bonchev–Trinajstić information content (AvgIpc) is 2.36. The molecule has 0 spiro atoms. The van der Waals surface area contributed by atoms with Crippen LogP contribution in [0.15, 0.2) is 12.7 Å². The highest BCUT2D eigenvalue weighted by Crippen LogP contribution is 2.37. The molecule has 1 fully saturated rings. The van der Waals surface area contributed by atoms with Crippen LogP contribution in [0.1, 0.15) is 13.8 Å². The van der Waals surface area contributed by atoms with Gasteiger partial charge in [0.15, 0.2) is 6.29 Å². The van der Waals surface area contributed by atoms with Gasteiger partial charge in [0.25, 0.3) is 0 Å². The van der Waals surface area contributed by atoms with E-state index in [-0.39, 0.29) is 11.8 Å². The summed E-state index contributed by atoms with van der Waals surface area (Å²) < 4.78 is 11.0. The molecule has 5 heteroatoms. The molecule has 1 aliphatic rings. The third kappa shape index (κ3) is 2.69. The zero-order chi connectivity index (χ0) is 13.1. The fourth-order valence-corrected chi connectivity index (χ4v) is 2.08. The minimum atomic E-state index is -1.35. The van der Waals surface area contributed by atoms with Crippen LogP contribution in [0.25, 0.3) is 0 Å². The largest absolute Gasteiger partial charge is 0.393 e. The maximum absolute atomic E-state index is 10.1. The molecular formula is C12H22O5. The molecule has 1 heterocycles. The van der Waals surface area contributed by atoms with Gasteiger partial charge in [-0.3, -0.25) is 0 Å². The summed E-state index contributed by atoms with van der Waals surface area (Å²) in [5.74, 6) is -0.172. The Labute approximate surface area is 102 Å². The van der Waals surface area contributed by atoms with E-state index in [1.54, 1.807) is 6.08 Å². The summed E-state index contributed by atoms with van der Waals surface area (Å²) in [6.45, 7) is 6.73. The summed E-state index contributed by atoms with van der Waals surface area (Å²) in [7, 11) is 0. The SMILES string of the molecule is C=CCOC1OC(CO)(CO)C(O)C(C)C1C. The highest BCUT2D eigenvalue weighted by atomic mass is 16.7. The maximum Gasteiger partial charge on any atom is 0.161 e. The van der Waals surface area contributed by atoms with E-state index >= 15 is 0 Å². The first-order valence-electron chi connectivity index (χ1n) is 5.82. The lowest BCUT2D eigenvalue weighted by molar-refractivity contribution is -0.317. The first kappa shape index (κ1) is 14.6. The van der Waals surface area contributed by atoms with Crippen LogP contribution in [0.4, 0.5) is 0 Å². The molecule has 0 radical (unpaired) electrons. The Bertz CT molecular complexity index is 251. The summed E-state index contributed by atoms with van der Waals surface area (Å²) >= 11 is 0. The van der Waals surface area contributed by atoms with Gasteiger partial charge in [0.05, 0.1) is 25.9 Å². The van der Waals surface area contributed by atoms with Gasteiger partial charge < -0.3 is 24.8 Å². The molecule has 0 amide bonds. The number of hydrogen-bond acceptors (Lipinski definition) is 5. The minimum Gasteiger partial charge on any atom is -0.393 e. The summed E-state index contributed by atoms with van der Waals surface area (Å²) in [6, 6.07) is 0. The standard InChI is InChI=1S/C12H22O5/c1-4-5-16-11-9(3)8(2)10(15)12(6-13,7-14)17-11/h4,8-11,13-15H,1,5-7H2,2-3H3. The van der Waals surface area contributed by atoms with Crippen molar-refractivity contribution in [3.63, 3.8) is 0 Å². The van der Waals surface area contributed by atoms with Crippen molar-refractivity contribution in [1.82, 2.24) is 0 Å². The van der Waals surface area contributed by atoms with E-state index in [9.17, 15) is 15.3 Å². The average molecular weight is 246 g/mol. The van der Waals surface area contributed by atoms with E-state index in [1.165, 1.54) is 0 Å². The van der Waals surface area contributed by atoms with Gasteiger partial charge in [-0.15, -0.1) is 6.58 Å². The molecule has 0 bridgehead atoms. The molecule has 0 aromatic carbocycles. The molecule has 1 saturated heterocycles. The van der Waals surface area contributed by atoms with Gasteiger partial charge >= 0.3 is 0 Å². The molecule has 1 rings (SSSR count). The van der Waals surface area contributed by atoms with Crippen molar-refractivity contribution in [2.45, 2.75) is 31.8 Å². The van der Waals surface area contributed by atoms with Gasteiger partial charge in [-0.25, -0.2) is 0 Å². The summed E-state index contributed by atoms with van der Waals surface area (Å²) in [4.78, 5) is 0. The van der Waals surface area contributed by atoms with Crippen molar-refractivity contribution in [2.24, 2.45) is 11.8 Å². The van der Waals surface area contributed by atoms with Crippen molar-refractivity contribution in [1.29, 1.82) is 0 Å². The Morgan fingerprint density at radius 2 is 1.88 bits per heavy atom. The lowest BCUT2D eigenvalue weighted by atomic mass is 9.78. The van der Waals surface area contributed by atoms with Gasteiger partial charge in [0.2, 0.25) is 0 Å². The van der Waals surface area contributed by atoms with E-state index in [0.717, 1.165) is 0 Å². The fourth-order valence-electron chi connectivity index (χ4n) is 2.08. The number of rotatable bonds is 5. The van der Waals surface area contributed by atoms with Crippen molar-refractivity contribution >= 4 is 0 Å². The molecule has 4 unspecified atom stereocenters. The Hall–Kier alpha value is -0.460. The molecule has 4 atom stereocenters. The smallest absolute Gasteiger partial charge is 0.161 e. The highest BCUT2D eigenvalue weighted by molar-refractivity contribution is 4.97. The quantitative estimate of drug-likeness (QED) is 0.590. The predicted octanol–water partition coefficient (Wildman–Crippen LogP) is -0.0982. The van der Waals surface area contributed by atoms with Crippen LogP contribution in [0.3, 0.4) is 0 Å². The molecule has 1 aliphatic heterocycles. The van der Waals surface area contributed by atoms with Crippen molar-refractivity contribution < 1.29 is 24.8 Å². The highest BCUT2D eigenvalue weighted by Gasteiger charge is 2.51. The predicted molar refractivity (Wildman–Crippen MR) is 62.3 cm³/mol. The van der Waals surface area contributed by atoms with Crippen LogP contribution in [0.5, 0.6) is 0 Å². The second-order valence-corrected chi connectivity index (χ2v) is 4.65. The monoisotopic (exact) mass is 246 g/mol. The lowest BCUT2D eigenvalue weighted by Gasteiger charge is -2.48. The number of aliphatic hydroxyl groups excluding tert-OH is 3. The Morgan fingerprint density at radius 1 is 1.29 bits per heavy atom. The van der Waals surface area contributed by atoms with E-state index in [1.807, 2.05) is 13.8 Å². The first-order chi connectivity index (χ1) is 8.02. The summed E-state index contributed by atoms with van der Waals surface area (Å²) in [6.07, 6.45) is 0.118. The number of hydrogen-bond donors (Lipinski definition) is 3. The molecule has 17 heavy (non-hydrogen) atoms. The van der Waals surface area contributed by atoms with Gasteiger partial charge in [0, 0.05) is 5.92 Å². The van der Waals surface area contributed by atoms with Gasteiger partial charge in [-0.1, -0.05) is 19.9 Å². The van der Waals surface area contributed by atoms with Crippen LogP contribution in [0.2, 0.25) is 0 Å². The fraction of sp³-hybridized carbons (Fsp3) is 0.833. The van der Waals surface area contributed by atoms with Gasteiger partial charge in [-0.2, -0.15) is 0 Å². The van der Waals surface area contributed by atoms with Gasteiger partial charge in [0.1, 0.15) is 5.60 Å². The normalized spacial score (nSPS) is 36.8. The van der Waals surface area contributed by atoms with Crippen LogP contribution in [-0.4, -0.2) is 53.1 Å². The van der Waals surface area contributed by atoms with E-state index < -0.39 is 31.2 Å². The zero-order valence-electron chi connectivity index (χ0n) is 10.4. The summed E-state index contributed by atoms with van der Waals surface area (Å²) in [5.41, 5.74) is -1.35. The third-order valence-electron chi connectivity index (χ3n) is 3.56. The molecule has 0 aliphatic carbocycles. The van der Waals surface area contributed by atoms with Crippen molar-refractivity contribution in [3.8, 4) is 0 Å². The Kier molecular flexibility index (Phi) is 5.09. The number of aliphatic hydroxyl groups is 3. The minimum absolute atomic E-state index is 0.0313. The topological polar surface area (TPSA) is 79.2 Å². The first-order valence-corrected chi connectivity index (χ1v) is 5.82. The van der Waals surface area contributed by atoms with Crippen molar-refractivity contribution in [2.75, 3.05) is 19.8 Å². The summed E-state index contributed by atoms with van der Waals surface area (Å²) in [5, 5.41) is 28.8. The lowest BCUT2D eigenvalue weighted by Crippen LogP contribution is -2.62. The van der Waals surface area contributed by atoms with E-state index in [0.29, 0.717) is 6.61 Å². The van der Waals surface area contributed by atoms with E-state index in [4.69, 9.17) is 9.47 Å². The van der Waals surface area contributed by atoms with Crippen LogP contribution in [-0.2, 0) is 9.47 Å². The van der Waals surface area contributed by atoms with Gasteiger partial charge in [-0.05, 0) is 5.92 Å². The molecule has 0 aromatic heterocycles.